The molecule has 11 nitrogen and oxygen atoms in total. The van der Waals surface area contributed by atoms with Crippen molar-refractivity contribution in [2.45, 2.75) is 13.5 Å². The van der Waals surface area contributed by atoms with Crippen molar-refractivity contribution in [3.8, 4) is 28.7 Å². The van der Waals surface area contributed by atoms with Crippen LogP contribution in [0.3, 0.4) is 0 Å². The minimum Gasteiger partial charge on any atom is -0.506 e. The highest BCUT2D eigenvalue weighted by Gasteiger charge is 2.21. The normalized spacial score (nSPS) is 10.0. The Bertz CT molecular complexity index is 1690. The summed E-state index contributed by atoms with van der Waals surface area (Å²) in [6.07, 6.45) is 4.35. The van der Waals surface area contributed by atoms with Gasteiger partial charge >= 0.3 is 8.60 Å². The summed E-state index contributed by atoms with van der Waals surface area (Å²) in [5.41, 5.74) is 1.48. The number of aldehydes is 4. The predicted octanol–water partition coefficient (Wildman–Crippen LogP) is 7.98. The molecule has 0 radical (unpaired) electrons. The first kappa shape index (κ1) is 37.0. The molecule has 0 bridgehead atoms. The van der Waals surface area contributed by atoms with Gasteiger partial charge in [0.05, 0.1) is 16.7 Å². The van der Waals surface area contributed by atoms with E-state index >= 15 is 0 Å². The van der Waals surface area contributed by atoms with E-state index in [1.807, 2.05) is 36.4 Å². The number of benzene rings is 4. The molecule has 48 heavy (non-hydrogen) atoms. The summed E-state index contributed by atoms with van der Waals surface area (Å²) in [5, 5.41) is 9.86. The Labute approximate surface area is 280 Å². The molecule has 1 N–H and O–H groups in total. The molecule has 0 fully saturated rings. The lowest BCUT2D eigenvalue weighted by Gasteiger charge is -2.19. The summed E-state index contributed by atoms with van der Waals surface area (Å²) in [6, 6.07) is 32.7. The lowest BCUT2D eigenvalue weighted by Crippen LogP contribution is -2.04. The van der Waals surface area contributed by atoms with E-state index in [1.165, 1.54) is 19.2 Å². The number of nitrogens with zero attached hydrogens (tertiary/aromatic N) is 1. The number of pyridine rings is 1. The van der Waals surface area contributed by atoms with Crippen LogP contribution >= 0.6 is 17.6 Å². The average Bonchev–Trinajstić information content (AvgIpc) is 3.13. The second-order valence-electron chi connectivity index (χ2n) is 8.95. The van der Waals surface area contributed by atoms with E-state index in [-0.39, 0.29) is 32.9 Å². The molecule has 0 aliphatic carbocycles. The van der Waals surface area contributed by atoms with Gasteiger partial charge in [-0.1, -0.05) is 54.6 Å². The fourth-order valence-corrected chi connectivity index (χ4v) is 5.06. The van der Waals surface area contributed by atoms with Gasteiger partial charge in [0.25, 0.3) is 9.03 Å². The third kappa shape index (κ3) is 12.4. The zero-order valence-electron chi connectivity index (χ0n) is 25.6. The third-order valence-electron chi connectivity index (χ3n) is 5.71. The van der Waals surface area contributed by atoms with E-state index in [1.54, 1.807) is 72.8 Å². The quantitative estimate of drug-likeness (QED) is 0.0895. The van der Waals surface area contributed by atoms with Crippen molar-refractivity contribution in [2.24, 2.45) is 0 Å². The SMILES string of the molecule is CC=O.O=Cc1ccccc1OP(OCc1ncccc1O)Oc1ccccc1C=O.O=Cc1ccccc1OPOc1ccccc1. The average molecular weight is 688 g/mol. The van der Waals surface area contributed by atoms with E-state index in [2.05, 4.69) is 4.98 Å². The molecular formula is C35H31NO10P2. The topological polar surface area (TPSA) is 148 Å². The summed E-state index contributed by atoms with van der Waals surface area (Å²) in [6.45, 7) is 1.35. The zero-order valence-corrected chi connectivity index (χ0v) is 27.5. The number of hydrogen-bond donors (Lipinski definition) is 1. The van der Waals surface area contributed by atoms with E-state index in [0.717, 1.165) is 18.3 Å². The van der Waals surface area contributed by atoms with Crippen LogP contribution in [-0.4, -0.2) is 35.2 Å². The monoisotopic (exact) mass is 687 g/mol. The maximum atomic E-state index is 11.2. The van der Waals surface area contributed by atoms with E-state index in [9.17, 15) is 19.5 Å². The van der Waals surface area contributed by atoms with Gasteiger partial charge in [-0.3, -0.25) is 23.9 Å². The van der Waals surface area contributed by atoms with Crippen LogP contribution in [0.25, 0.3) is 0 Å². The summed E-state index contributed by atoms with van der Waals surface area (Å²) in [5.74, 6) is 1.81. The fraction of sp³-hybridized carbons (Fsp3) is 0.0571. The summed E-state index contributed by atoms with van der Waals surface area (Å²) in [4.78, 5) is 46.1. The van der Waals surface area contributed by atoms with Crippen molar-refractivity contribution in [1.29, 1.82) is 0 Å². The molecule has 13 heteroatoms. The Morgan fingerprint density at radius 1 is 0.646 bits per heavy atom. The van der Waals surface area contributed by atoms with Crippen molar-refractivity contribution < 1.29 is 46.9 Å². The molecule has 1 atom stereocenters. The second-order valence-corrected chi connectivity index (χ2v) is 10.6. The van der Waals surface area contributed by atoms with Crippen molar-refractivity contribution >= 4 is 42.8 Å². The first-order chi connectivity index (χ1) is 23.5. The molecule has 0 spiro atoms. The highest BCUT2D eigenvalue weighted by molar-refractivity contribution is 7.42. The van der Waals surface area contributed by atoms with Crippen LogP contribution in [0.4, 0.5) is 0 Å². The van der Waals surface area contributed by atoms with Crippen LogP contribution in [0.2, 0.25) is 0 Å². The van der Waals surface area contributed by atoms with E-state index in [4.69, 9.17) is 27.4 Å². The van der Waals surface area contributed by atoms with Gasteiger partial charge in [-0.2, -0.15) is 0 Å². The molecule has 0 saturated carbocycles. The second kappa shape index (κ2) is 21.3. The summed E-state index contributed by atoms with van der Waals surface area (Å²) >= 11 is 0. The Morgan fingerprint density at radius 2 is 1.12 bits per heavy atom. The van der Waals surface area contributed by atoms with Gasteiger partial charge < -0.3 is 28.0 Å². The largest absolute Gasteiger partial charge is 0.506 e. The first-order valence-corrected chi connectivity index (χ1v) is 16.0. The molecule has 5 aromatic rings. The first-order valence-electron chi connectivity index (χ1n) is 14.1. The molecule has 0 saturated heterocycles. The highest BCUT2D eigenvalue weighted by Crippen LogP contribution is 2.44. The molecule has 0 amide bonds. The Balaban J connectivity index is 0.000000266. The van der Waals surface area contributed by atoms with Crippen LogP contribution in [-0.2, 0) is 15.9 Å². The van der Waals surface area contributed by atoms with Crippen LogP contribution in [0.1, 0.15) is 43.7 Å². The molecule has 5 rings (SSSR count). The molecule has 246 valence electrons. The minimum absolute atomic E-state index is 0.0287. The standard InChI is InChI=1S/C20H16NO6P.C13H11O3P.C2H4O/c22-12-15-6-1-3-9-19(15)26-28(25-14-17-18(24)8-5-11-21-17)27-20-10-4-2-7-16(20)13-23;14-10-11-6-4-5-9-13(11)16-17-15-12-7-2-1-3-8-12;1-2-3/h1-13,24H,14H2;1-10,17H;2H,1H3. The van der Waals surface area contributed by atoms with Crippen molar-refractivity contribution in [2.75, 3.05) is 0 Å². The van der Waals surface area contributed by atoms with Gasteiger partial charge in [0.1, 0.15) is 47.3 Å². The van der Waals surface area contributed by atoms with E-state index in [0.29, 0.717) is 40.7 Å². The van der Waals surface area contributed by atoms with E-state index < -0.39 is 8.60 Å². The van der Waals surface area contributed by atoms with Gasteiger partial charge in [-0.25, -0.2) is 0 Å². The molecule has 1 heterocycles. The molecule has 1 aromatic heterocycles. The van der Waals surface area contributed by atoms with Gasteiger partial charge in [0.2, 0.25) is 0 Å². The Morgan fingerprint density at radius 3 is 1.65 bits per heavy atom. The maximum Gasteiger partial charge on any atom is 0.463 e. The lowest BCUT2D eigenvalue weighted by atomic mass is 10.2. The molecule has 0 aliphatic rings. The van der Waals surface area contributed by atoms with Gasteiger partial charge in [-0.15, -0.1) is 0 Å². The number of aromatic hydroxyl groups is 1. The van der Waals surface area contributed by atoms with Crippen LogP contribution in [0, 0.1) is 0 Å². The van der Waals surface area contributed by atoms with Crippen molar-refractivity contribution in [3.63, 3.8) is 0 Å². The zero-order chi connectivity index (χ0) is 34.4. The Hall–Kier alpha value is -5.47. The van der Waals surface area contributed by atoms with Crippen molar-refractivity contribution in [3.05, 3.63) is 144 Å². The molecule has 1 unspecified atom stereocenters. The van der Waals surface area contributed by atoms with Crippen molar-refractivity contribution in [1.82, 2.24) is 4.98 Å². The smallest absolute Gasteiger partial charge is 0.463 e. The lowest BCUT2D eigenvalue weighted by molar-refractivity contribution is -0.106. The number of aromatic nitrogens is 1. The van der Waals surface area contributed by atoms with Gasteiger partial charge in [0, 0.05) is 6.20 Å². The summed E-state index contributed by atoms with van der Waals surface area (Å²) in [7, 11) is -2.23. The van der Waals surface area contributed by atoms with Gasteiger partial charge in [0.15, 0.2) is 18.9 Å². The minimum atomic E-state index is -2.06. The molecule has 4 aromatic carbocycles. The maximum absolute atomic E-state index is 11.2. The number of carbonyl (C=O) groups is 4. The highest BCUT2D eigenvalue weighted by atomic mass is 31.2. The molecule has 0 aliphatic heterocycles. The van der Waals surface area contributed by atoms with Crippen LogP contribution in [0.5, 0.6) is 28.7 Å². The number of carbonyl (C=O) groups excluding carboxylic acids is 4. The Kier molecular flexibility index (Phi) is 16.5. The van der Waals surface area contributed by atoms with Gasteiger partial charge in [-0.05, 0) is 67.6 Å². The fourth-order valence-electron chi connectivity index (χ4n) is 3.48. The van der Waals surface area contributed by atoms with Crippen LogP contribution in [0.15, 0.2) is 121 Å². The number of rotatable bonds is 14. The third-order valence-corrected chi connectivity index (χ3v) is 7.36. The summed E-state index contributed by atoms with van der Waals surface area (Å²) < 4.78 is 28.0. The molecular weight excluding hydrogens is 656 g/mol. The number of para-hydroxylation sites is 4. The predicted molar refractivity (Wildman–Crippen MR) is 182 cm³/mol. The van der Waals surface area contributed by atoms with Crippen LogP contribution < -0.4 is 18.1 Å². The number of hydrogen-bond acceptors (Lipinski definition) is 11.